The van der Waals surface area contributed by atoms with E-state index in [1.807, 2.05) is 55.5 Å². The van der Waals surface area contributed by atoms with Gasteiger partial charge < -0.3 is 9.84 Å². The number of nitrogens with zero attached hydrogens (tertiary/aromatic N) is 1. The zero-order chi connectivity index (χ0) is 20.5. The van der Waals surface area contributed by atoms with E-state index in [1.54, 1.807) is 36.7 Å². The van der Waals surface area contributed by atoms with Gasteiger partial charge in [0.15, 0.2) is 5.60 Å². The number of nitrogens with one attached hydrogen (secondary N) is 1. The molecule has 1 heterocycles. The van der Waals surface area contributed by atoms with Gasteiger partial charge in [0.05, 0.1) is 0 Å². The summed E-state index contributed by atoms with van der Waals surface area (Å²) >= 11 is 0. The number of carboxylic acids is 1. The number of para-hydroxylation sites is 1. The topological polar surface area (TPSA) is 80.7 Å². The molecule has 3 rings (SSSR count). The number of ether oxygens (including phenoxy) is 1. The van der Waals surface area contributed by atoms with Gasteiger partial charge in [-0.25, -0.2) is 4.79 Å². The number of hydroxylamine groups is 1. The Morgan fingerprint density at radius 1 is 1.07 bits per heavy atom. The van der Waals surface area contributed by atoms with Gasteiger partial charge in [0, 0.05) is 18.9 Å². The van der Waals surface area contributed by atoms with Crippen LogP contribution in [0.1, 0.15) is 24.5 Å². The molecule has 3 aromatic rings. The van der Waals surface area contributed by atoms with Gasteiger partial charge in [-0.05, 0) is 35.7 Å². The first-order valence-corrected chi connectivity index (χ1v) is 9.45. The van der Waals surface area contributed by atoms with E-state index < -0.39 is 17.7 Å². The van der Waals surface area contributed by atoms with Crippen LogP contribution < -0.4 is 10.2 Å². The summed E-state index contributed by atoms with van der Waals surface area (Å²) in [5, 5.41) is 10.0. The molecule has 2 aromatic carbocycles. The van der Waals surface area contributed by atoms with Crippen LogP contribution in [0.25, 0.3) is 0 Å². The molecule has 0 amide bonds. The van der Waals surface area contributed by atoms with Crippen molar-refractivity contribution < 1.29 is 19.5 Å². The number of aliphatic carboxylic acids is 1. The molecule has 29 heavy (non-hydrogen) atoms. The summed E-state index contributed by atoms with van der Waals surface area (Å²) in [4.78, 5) is 22.4. The summed E-state index contributed by atoms with van der Waals surface area (Å²) < 4.78 is 5.91. The fourth-order valence-electron chi connectivity index (χ4n) is 3.18. The lowest BCUT2D eigenvalue weighted by Gasteiger charge is -2.37. The lowest BCUT2D eigenvalue weighted by Crippen LogP contribution is -2.52. The predicted octanol–water partition coefficient (Wildman–Crippen LogP) is 3.94. The summed E-state index contributed by atoms with van der Waals surface area (Å²) in [6.45, 7) is 2.25. The zero-order valence-corrected chi connectivity index (χ0v) is 16.2. The van der Waals surface area contributed by atoms with Gasteiger partial charge >= 0.3 is 5.97 Å². The molecule has 0 aliphatic carbocycles. The van der Waals surface area contributed by atoms with E-state index in [0.29, 0.717) is 24.3 Å². The Morgan fingerprint density at radius 3 is 2.34 bits per heavy atom. The van der Waals surface area contributed by atoms with E-state index in [2.05, 4.69) is 10.5 Å². The standard InChI is InChI=1S/C23H24N2O4/c1-2-23(19-11-5-3-6-12-19,29-25-17-18-10-9-15-24-16-18)21(22(26)27)28-20-13-7-4-8-14-20/h3-16,21,25H,2,17H2,1H3,(H,26,27). The van der Waals surface area contributed by atoms with Crippen molar-refractivity contribution in [3.8, 4) is 5.75 Å². The van der Waals surface area contributed by atoms with Gasteiger partial charge in [-0.2, -0.15) is 5.48 Å². The average Bonchev–Trinajstić information content (AvgIpc) is 2.77. The van der Waals surface area contributed by atoms with Crippen LogP contribution in [-0.2, 0) is 21.8 Å². The number of hydrogen-bond acceptors (Lipinski definition) is 5. The second-order valence-corrected chi connectivity index (χ2v) is 6.54. The van der Waals surface area contributed by atoms with Crippen molar-refractivity contribution in [2.75, 3.05) is 0 Å². The van der Waals surface area contributed by atoms with Crippen molar-refractivity contribution >= 4 is 5.97 Å². The van der Waals surface area contributed by atoms with E-state index in [9.17, 15) is 9.90 Å². The second-order valence-electron chi connectivity index (χ2n) is 6.54. The van der Waals surface area contributed by atoms with E-state index >= 15 is 0 Å². The Labute approximate surface area is 170 Å². The molecule has 0 radical (unpaired) electrons. The third-order valence-corrected chi connectivity index (χ3v) is 4.69. The quantitative estimate of drug-likeness (QED) is 0.509. The van der Waals surface area contributed by atoms with Crippen LogP contribution in [0.2, 0.25) is 0 Å². The molecule has 0 saturated heterocycles. The van der Waals surface area contributed by atoms with E-state index in [1.165, 1.54) is 0 Å². The third kappa shape index (κ3) is 4.99. The normalized spacial score (nSPS) is 14.0. The van der Waals surface area contributed by atoms with Crippen LogP contribution >= 0.6 is 0 Å². The highest BCUT2D eigenvalue weighted by molar-refractivity contribution is 5.75. The molecule has 0 aliphatic heterocycles. The Morgan fingerprint density at radius 2 is 1.76 bits per heavy atom. The third-order valence-electron chi connectivity index (χ3n) is 4.69. The lowest BCUT2D eigenvalue weighted by atomic mass is 9.85. The first-order chi connectivity index (χ1) is 14.2. The molecule has 2 unspecified atom stereocenters. The molecule has 6 heteroatoms. The smallest absolute Gasteiger partial charge is 0.348 e. The summed E-state index contributed by atoms with van der Waals surface area (Å²) in [6.07, 6.45) is 2.53. The lowest BCUT2D eigenvalue weighted by molar-refractivity contribution is -0.190. The van der Waals surface area contributed by atoms with Crippen LogP contribution in [0.3, 0.4) is 0 Å². The number of benzene rings is 2. The SMILES string of the molecule is CCC(ONCc1cccnc1)(c1ccccc1)C(Oc1ccccc1)C(=O)O. The number of pyridine rings is 1. The minimum absolute atomic E-state index is 0.375. The predicted molar refractivity (Wildman–Crippen MR) is 109 cm³/mol. The second kappa shape index (κ2) is 9.82. The van der Waals surface area contributed by atoms with Crippen LogP contribution in [0, 0.1) is 0 Å². The Balaban J connectivity index is 1.92. The van der Waals surface area contributed by atoms with Crippen LogP contribution in [0.5, 0.6) is 5.75 Å². The largest absolute Gasteiger partial charge is 0.478 e. The van der Waals surface area contributed by atoms with Crippen molar-refractivity contribution in [1.29, 1.82) is 0 Å². The van der Waals surface area contributed by atoms with Crippen molar-refractivity contribution in [3.63, 3.8) is 0 Å². The fraction of sp³-hybridized carbons (Fsp3) is 0.217. The summed E-state index contributed by atoms with van der Waals surface area (Å²) in [6, 6.07) is 21.9. The molecule has 0 aliphatic rings. The highest BCUT2D eigenvalue weighted by Crippen LogP contribution is 2.35. The average molecular weight is 392 g/mol. The van der Waals surface area contributed by atoms with Gasteiger partial charge in [0.25, 0.3) is 0 Å². The molecule has 6 nitrogen and oxygen atoms in total. The zero-order valence-electron chi connectivity index (χ0n) is 16.2. The summed E-state index contributed by atoms with van der Waals surface area (Å²) in [5.74, 6) is -0.646. The molecule has 0 bridgehead atoms. The van der Waals surface area contributed by atoms with Crippen LogP contribution in [0.4, 0.5) is 0 Å². The monoisotopic (exact) mass is 392 g/mol. The highest BCUT2D eigenvalue weighted by atomic mass is 16.7. The number of carbonyl (C=O) groups is 1. The molecular formula is C23H24N2O4. The van der Waals surface area contributed by atoms with Crippen molar-refractivity contribution in [1.82, 2.24) is 10.5 Å². The van der Waals surface area contributed by atoms with E-state index in [0.717, 1.165) is 5.56 Å². The van der Waals surface area contributed by atoms with Crippen molar-refractivity contribution in [2.24, 2.45) is 0 Å². The number of carboxylic acid groups (broad SMARTS) is 1. The molecular weight excluding hydrogens is 368 g/mol. The van der Waals surface area contributed by atoms with Gasteiger partial charge in [0.1, 0.15) is 5.75 Å². The molecule has 150 valence electrons. The van der Waals surface area contributed by atoms with Crippen molar-refractivity contribution in [2.45, 2.75) is 31.6 Å². The minimum atomic E-state index is -1.27. The summed E-state index contributed by atoms with van der Waals surface area (Å²) in [5.41, 5.74) is 3.32. The van der Waals surface area contributed by atoms with Gasteiger partial charge in [-0.3, -0.25) is 9.82 Å². The molecule has 0 fully saturated rings. The molecule has 1 aromatic heterocycles. The molecule has 0 saturated carbocycles. The van der Waals surface area contributed by atoms with Crippen LogP contribution in [-0.4, -0.2) is 22.2 Å². The Hall–Kier alpha value is -3.22. The molecule has 2 atom stereocenters. The van der Waals surface area contributed by atoms with Gasteiger partial charge in [-0.15, -0.1) is 0 Å². The first-order valence-electron chi connectivity index (χ1n) is 9.45. The maximum Gasteiger partial charge on any atom is 0.348 e. The first kappa shape index (κ1) is 20.5. The number of rotatable bonds is 10. The number of hydrogen-bond donors (Lipinski definition) is 2. The maximum absolute atomic E-state index is 12.3. The van der Waals surface area contributed by atoms with E-state index in [-0.39, 0.29) is 0 Å². The van der Waals surface area contributed by atoms with Crippen molar-refractivity contribution in [3.05, 3.63) is 96.3 Å². The van der Waals surface area contributed by atoms with E-state index in [4.69, 9.17) is 9.57 Å². The molecule has 2 N–H and O–H groups in total. The summed E-state index contributed by atoms with van der Waals surface area (Å²) in [7, 11) is 0. The van der Waals surface area contributed by atoms with Gasteiger partial charge in [-0.1, -0.05) is 61.5 Å². The highest BCUT2D eigenvalue weighted by Gasteiger charge is 2.47. The number of aromatic nitrogens is 1. The maximum atomic E-state index is 12.3. The van der Waals surface area contributed by atoms with Gasteiger partial charge in [0.2, 0.25) is 6.10 Å². The fourth-order valence-corrected chi connectivity index (χ4v) is 3.18. The molecule has 0 spiro atoms. The minimum Gasteiger partial charge on any atom is -0.478 e. The van der Waals surface area contributed by atoms with Crippen LogP contribution in [0.15, 0.2) is 85.2 Å². The Kier molecular flexibility index (Phi) is 6.94. The Bertz CT molecular complexity index is 891.